The summed E-state index contributed by atoms with van der Waals surface area (Å²) in [5.41, 5.74) is 0.431. The SMILES string of the molecule is COCCCNC(=O)CSc1nnc2n(CCC(=O)NCC(C)C)c(=O)c3ccccc3n12. The zero-order chi connectivity index (χ0) is 23.8. The van der Waals surface area contributed by atoms with Gasteiger partial charge in [-0.3, -0.25) is 23.4 Å². The van der Waals surface area contributed by atoms with Crippen LogP contribution >= 0.6 is 11.8 Å². The van der Waals surface area contributed by atoms with E-state index in [2.05, 4.69) is 20.8 Å². The topological polar surface area (TPSA) is 120 Å². The van der Waals surface area contributed by atoms with E-state index in [9.17, 15) is 14.4 Å². The number of amides is 2. The summed E-state index contributed by atoms with van der Waals surface area (Å²) in [6, 6.07) is 7.19. The molecule has 2 N–H and O–H groups in total. The van der Waals surface area contributed by atoms with Gasteiger partial charge in [0, 0.05) is 39.8 Å². The van der Waals surface area contributed by atoms with Crippen LogP contribution in [-0.2, 0) is 20.9 Å². The zero-order valence-corrected chi connectivity index (χ0v) is 20.0. The maximum atomic E-state index is 13.1. The molecule has 0 aliphatic heterocycles. The van der Waals surface area contributed by atoms with Crippen LogP contribution in [0.4, 0.5) is 0 Å². The molecular weight excluding hydrogens is 444 g/mol. The molecule has 2 amide bonds. The predicted molar refractivity (Wildman–Crippen MR) is 127 cm³/mol. The van der Waals surface area contributed by atoms with Gasteiger partial charge in [-0.2, -0.15) is 0 Å². The van der Waals surface area contributed by atoms with Crippen molar-refractivity contribution in [3.63, 3.8) is 0 Å². The first-order chi connectivity index (χ1) is 15.9. The Morgan fingerprint density at radius 1 is 1.15 bits per heavy atom. The van der Waals surface area contributed by atoms with Crippen LogP contribution in [0.5, 0.6) is 0 Å². The average Bonchev–Trinajstić information content (AvgIpc) is 3.23. The second-order valence-corrected chi connectivity index (χ2v) is 8.97. The van der Waals surface area contributed by atoms with Crippen LogP contribution < -0.4 is 16.2 Å². The molecule has 0 saturated carbocycles. The van der Waals surface area contributed by atoms with Gasteiger partial charge in [0.25, 0.3) is 5.56 Å². The highest BCUT2D eigenvalue weighted by molar-refractivity contribution is 7.99. The number of methoxy groups -OCH3 is 1. The van der Waals surface area contributed by atoms with Crippen molar-refractivity contribution >= 4 is 40.3 Å². The van der Waals surface area contributed by atoms with Crippen molar-refractivity contribution in [1.82, 2.24) is 29.8 Å². The summed E-state index contributed by atoms with van der Waals surface area (Å²) in [4.78, 5) is 37.5. The predicted octanol–water partition coefficient (Wildman–Crippen LogP) is 1.45. The number of carbonyl (C=O) groups excluding carboxylic acids is 2. The highest BCUT2D eigenvalue weighted by Crippen LogP contribution is 2.21. The largest absolute Gasteiger partial charge is 0.385 e. The van der Waals surface area contributed by atoms with Crippen molar-refractivity contribution in [3.05, 3.63) is 34.6 Å². The molecule has 33 heavy (non-hydrogen) atoms. The van der Waals surface area contributed by atoms with E-state index < -0.39 is 0 Å². The third-order valence-corrected chi connectivity index (χ3v) is 5.86. The molecule has 0 saturated heterocycles. The second kappa shape index (κ2) is 11.8. The molecule has 0 unspecified atom stereocenters. The minimum atomic E-state index is -0.227. The molecule has 10 nitrogen and oxygen atoms in total. The van der Waals surface area contributed by atoms with Crippen molar-refractivity contribution < 1.29 is 14.3 Å². The van der Waals surface area contributed by atoms with Gasteiger partial charge in [-0.15, -0.1) is 10.2 Å². The van der Waals surface area contributed by atoms with E-state index in [0.717, 1.165) is 6.42 Å². The lowest BCUT2D eigenvalue weighted by Gasteiger charge is -2.12. The summed E-state index contributed by atoms with van der Waals surface area (Å²) >= 11 is 1.24. The van der Waals surface area contributed by atoms with Crippen LogP contribution in [0.25, 0.3) is 16.7 Å². The number of ether oxygens (including phenoxy) is 1. The number of thioether (sulfide) groups is 1. The van der Waals surface area contributed by atoms with Crippen molar-refractivity contribution in [2.75, 3.05) is 32.6 Å². The summed E-state index contributed by atoms with van der Waals surface area (Å²) in [5.74, 6) is 0.614. The Labute approximate surface area is 196 Å². The quantitative estimate of drug-likeness (QED) is 0.301. The van der Waals surface area contributed by atoms with E-state index in [4.69, 9.17) is 4.74 Å². The molecule has 0 aliphatic carbocycles. The first-order valence-electron chi connectivity index (χ1n) is 10.9. The van der Waals surface area contributed by atoms with E-state index in [1.54, 1.807) is 23.6 Å². The molecule has 0 aliphatic rings. The number of carbonyl (C=O) groups is 2. The van der Waals surface area contributed by atoms with Gasteiger partial charge in [-0.05, 0) is 24.5 Å². The average molecular weight is 475 g/mol. The van der Waals surface area contributed by atoms with E-state index in [0.29, 0.717) is 47.5 Å². The standard InChI is InChI=1S/C22H30N6O4S/c1-15(2)13-24-18(29)9-11-27-20(31)16-7-4-5-8-17(16)28-21(27)25-26-22(28)33-14-19(30)23-10-6-12-32-3/h4-5,7-8,15H,6,9-14H2,1-3H3,(H,23,30)(H,24,29). The van der Waals surface area contributed by atoms with E-state index >= 15 is 0 Å². The summed E-state index contributed by atoms with van der Waals surface area (Å²) in [5, 5.41) is 15.2. The molecule has 3 aromatic rings. The van der Waals surface area contributed by atoms with Crippen LogP contribution in [0.15, 0.2) is 34.2 Å². The number of fused-ring (bicyclic) bond motifs is 3. The molecule has 3 rings (SSSR count). The fourth-order valence-electron chi connectivity index (χ4n) is 3.27. The first kappa shape index (κ1) is 24.7. The van der Waals surface area contributed by atoms with Gasteiger partial charge < -0.3 is 15.4 Å². The van der Waals surface area contributed by atoms with E-state index in [1.807, 2.05) is 26.0 Å². The number of nitrogens with zero attached hydrogens (tertiary/aromatic N) is 4. The van der Waals surface area contributed by atoms with Gasteiger partial charge >= 0.3 is 0 Å². The van der Waals surface area contributed by atoms with Crippen molar-refractivity contribution in [3.8, 4) is 0 Å². The van der Waals surface area contributed by atoms with Crippen LogP contribution in [0.1, 0.15) is 26.7 Å². The Kier molecular flexibility index (Phi) is 8.84. The van der Waals surface area contributed by atoms with Crippen LogP contribution in [0, 0.1) is 5.92 Å². The summed E-state index contributed by atoms with van der Waals surface area (Å²) in [7, 11) is 1.62. The fraction of sp³-hybridized carbons (Fsp3) is 0.500. The lowest BCUT2D eigenvalue weighted by Crippen LogP contribution is -2.30. The van der Waals surface area contributed by atoms with E-state index in [-0.39, 0.29) is 36.1 Å². The van der Waals surface area contributed by atoms with Gasteiger partial charge in [0.15, 0.2) is 5.16 Å². The van der Waals surface area contributed by atoms with Crippen LogP contribution in [0.3, 0.4) is 0 Å². The molecule has 0 spiro atoms. The summed E-state index contributed by atoms with van der Waals surface area (Å²) in [6.07, 6.45) is 0.891. The highest BCUT2D eigenvalue weighted by atomic mass is 32.2. The van der Waals surface area contributed by atoms with Gasteiger partial charge in [-0.1, -0.05) is 37.7 Å². The number of aryl methyl sites for hydroxylation is 1. The molecule has 0 fully saturated rings. The number of hydrogen-bond donors (Lipinski definition) is 2. The van der Waals surface area contributed by atoms with Crippen molar-refractivity contribution in [1.29, 1.82) is 0 Å². The number of para-hydroxylation sites is 1. The maximum Gasteiger partial charge on any atom is 0.262 e. The van der Waals surface area contributed by atoms with Crippen LogP contribution in [0.2, 0.25) is 0 Å². The Morgan fingerprint density at radius 3 is 2.70 bits per heavy atom. The minimum Gasteiger partial charge on any atom is -0.385 e. The minimum absolute atomic E-state index is 0.118. The lowest BCUT2D eigenvalue weighted by atomic mass is 10.2. The molecule has 2 aromatic heterocycles. The molecule has 178 valence electrons. The normalized spacial score (nSPS) is 11.4. The number of benzene rings is 1. The smallest absolute Gasteiger partial charge is 0.262 e. The molecule has 0 bridgehead atoms. The third-order valence-electron chi connectivity index (χ3n) is 4.93. The number of rotatable bonds is 12. The van der Waals surface area contributed by atoms with E-state index in [1.165, 1.54) is 16.3 Å². The molecule has 11 heteroatoms. The number of aromatic nitrogens is 4. The van der Waals surface area contributed by atoms with Gasteiger partial charge in [-0.25, -0.2) is 0 Å². The van der Waals surface area contributed by atoms with Crippen molar-refractivity contribution in [2.24, 2.45) is 5.92 Å². The fourth-order valence-corrected chi connectivity index (χ4v) is 4.04. The second-order valence-electron chi connectivity index (χ2n) is 8.02. The number of hydrogen-bond acceptors (Lipinski definition) is 7. The zero-order valence-electron chi connectivity index (χ0n) is 19.2. The van der Waals surface area contributed by atoms with Gasteiger partial charge in [0.2, 0.25) is 17.6 Å². The molecule has 0 radical (unpaired) electrons. The van der Waals surface area contributed by atoms with Crippen LogP contribution in [-0.4, -0.2) is 63.5 Å². The molecule has 1 aromatic carbocycles. The molecular formula is C22H30N6O4S. The lowest BCUT2D eigenvalue weighted by molar-refractivity contribution is -0.121. The highest BCUT2D eigenvalue weighted by Gasteiger charge is 2.18. The Morgan fingerprint density at radius 2 is 1.94 bits per heavy atom. The Hall–Kier alpha value is -2.92. The third kappa shape index (κ3) is 6.32. The maximum absolute atomic E-state index is 13.1. The Bertz CT molecular complexity index is 1170. The van der Waals surface area contributed by atoms with Gasteiger partial charge in [0.1, 0.15) is 0 Å². The Balaban J connectivity index is 1.83. The summed E-state index contributed by atoms with van der Waals surface area (Å²) < 4.78 is 8.22. The summed E-state index contributed by atoms with van der Waals surface area (Å²) in [6.45, 7) is 5.93. The molecule has 0 atom stereocenters. The number of nitrogens with one attached hydrogen (secondary N) is 2. The van der Waals surface area contributed by atoms with Gasteiger partial charge in [0.05, 0.1) is 16.7 Å². The monoisotopic (exact) mass is 474 g/mol. The first-order valence-corrected chi connectivity index (χ1v) is 11.9. The molecule has 2 heterocycles. The van der Waals surface area contributed by atoms with Crippen molar-refractivity contribution in [2.45, 2.75) is 38.4 Å².